The molecule has 2 N–H and O–H groups in total. The molecule has 0 saturated carbocycles. The molecule has 0 atom stereocenters. The van der Waals surface area contributed by atoms with Crippen molar-refractivity contribution in [3.05, 3.63) is 70.7 Å². The van der Waals surface area contributed by atoms with Gasteiger partial charge in [0.15, 0.2) is 0 Å². The third-order valence-electron chi connectivity index (χ3n) is 3.30. The summed E-state index contributed by atoms with van der Waals surface area (Å²) in [4.78, 5) is 0. The number of rotatable bonds is 5. The predicted molar refractivity (Wildman–Crippen MR) is 119 cm³/mol. The molecule has 0 bridgehead atoms. The number of nitrogens with zero attached hydrogens (tertiary/aromatic N) is 4. The molecule has 6 nitrogen and oxygen atoms in total. The minimum Gasteiger partial charge on any atom is -0.741 e. The topological polar surface area (TPSA) is 73.5 Å². The Kier molecular flexibility index (Phi) is 10.7. The molecular weight excluding hydrogens is 463 g/mol. The number of halogens is 1. The molecule has 0 unspecified atom stereocenters. The largest absolute Gasteiger partial charge is 2.00 e. The van der Waals surface area contributed by atoms with Crippen LogP contribution in [0.5, 0.6) is 0 Å². The van der Waals surface area contributed by atoms with E-state index >= 15 is 0 Å². The summed E-state index contributed by atoms with van der Waals surface area (Å²) in [5.41, 5.74) is 2.55. The molecular formula is C18H17ClCuN6S2. The van der Waals surface area contributed by atoms with E-state index in [0.29, 0.717) is 16.4 Å². The van der Waals surface area contributed by atoms with Crippen LogP contribution >= 0.6 is 11.6 Å². The first kappa shape index (κ1) is 24.0. The van der Waals surface area contributed by atoms with E-state index in [2.05, 4.69) is 31.0 Å². The maximum absolute atomic E-state index is 6.02. The molecule has 10 heteroatoms. The maximum atomic E-state index is 6.02. The van der Waals surface area contributed by atoms with Crippen LogP contribution in [0.25, 0.3) is 0 Å². The van der Waals surface area contributed by atoms with Crippen molar-refractivity contribution >= 4 is 58.6 Å². The molecule has 149 valence electrons. The van der Waals surface area contributed by atoms with E-state index in [1.54, 1.807) is 26.2 Å². The molecule has 0 aliphatic heterocycles. The molecule has 28 heavy (non-hydrogen) atoms. The third kappa shape index (κ3) is 7.18. The summed E-state index contributed by atoms with van der Waals surface area (Å²) < 4.78 is 0. The van der Waals surface area contributed by atoms with Crippen molar-refractivity contribution in [2.45, 2.75) is 0 Å². The SMILES string of the molecule is CNC([S-])=NN=C(C(=NN=C([S-])NC)c1ccc(Cl)cc1)c1ccccc1.[Cu+2]. The maximum Gasteiger partial charge on any atom is 2.00 e. The summed E-state index contributed by atoms with van der Waals surface area (Å²) in [5, 5.41) is 23.3. The van der Waals surface area contributed by atoms with Crippen LogP contribution in [0.15, 0.2) is 75.0 Å². The zero-order valence-corrected chi connectivity index (χ0v) is 18.3. The normalized spacial score (nSPS) is 13.0. The van der Waals surface area contributed by atoms with E-state index in [9.17, 15) is 0 Å². The molecule has 0 fully saturated rings. The monoisotopic (exact) mass is 479 g/mol. The van der Waals surface area contributed by atoms with Crippen LogP contribution in [0.4, 0.5) is 0 Å². The standard InChI is InChI=1S/C18H19ClN6S2.Cu/c1-20-17(26)24-22-15(12-6-4-3-5-7-12)16(23-25-18(27)21-2)13-8-10-14(19)11-9-13;/h3-11H,1-2H3,(H2,20,24,26)(H2,21,25,27);/q;+2/p-2. The minimum absolute atomic E-state index is 0. The molecule has 2 aromatic rings. The van der Waals surface area contributed by atoms with E-state index in [1.165, 1.54) is 0 Å². The first-order chi connectivity index (χ1) is 13.0. The molecule has 0 heterocycles. The van der Waals surface area contributed by atoms with Crippen molar-refractivity contribution < 1.29 is 17.1 Å². The summed E-state index contributed by atoms with van der Waals surface area (Å²) >= 11 is 16.2. The van der Waals surface area contributed by atoms with Gasteiger partial charge in [-0.2, -0.15) is 10.2 Å². The van der Waals surface area contributed by atoms with Crippen molar-refractivity contribution in [3.8, 4) is 0 Å². The molecule has 0 amide bonds. The van der Waals surface area contributed by atoms with Crippen molar-refractivity contribution in [1.29, 1.82) is 0 Å². The van der Waals surface area contributed by atoms with Crippen molar-refractivity contribution in [2.24, 2.45) is 20.4 Å². The molecule has 0 aliphatic rings. The molecule has 2 aromatic carbocycles. The fourth-order valence-electron chi connectivity index (χ4n) is 1.98. The van der Waals surface area contributed by atoms with E-state index in [0.717, 1.165) is 11.1 Å². The number of benzene rings is 2. The quantitative estimate of drug-likeness (QED) is 0.227. The van der Waals surface area contributed by atoms with Crippen molar-refractivity contribution in [1.82, 2.24) is 10.6 Å². The van der Waals surface area contributed by atoms with Crippen LogP contribution in [0.3, 0.4) is 0 Å². The zero-order valence-electron chi connectivity index (χ0n) is 15.0. The molecule has 0 aliphatic carbocycles. The Morgan fingerprint density at radius 1 is 0.714 bits per heavy atom. The Morgan fingerprint density at radius 3 is 1.57 bits per heavy atom. The third-order valence-corrected chi connectivity index (χ3v) is 4.12. The van der Waals surface area contributed by atoms with E-state index in [-0.39, 0.29) is 27.4 Å². The van der Waals surface area contributed by atoms with Gasteiger partial charge in [-0.05, 0) is 22.5 Å². The molecule has 0 aromatic heterocycles. The first-order valence-corrected chi connectivity index (χ1v) is 9.07. The summed E-state index contributed by atoms with van der Waals surface area (Å²) in [7, 11) is 3.36. The zero-order chi connectivity index (χ0) is 19.6. The van der Waals surface area contributed by atoms with Crippen molar-refractivity contribution in [2.75, 3.05) is 14.1 Å². The van der Waals surface area contributed by atoms with E-state index in [4.69, 9.17) is 36.9 Å². The van der Waals surface area contributed by atoms with E-state index in [1.807, 2.05) is 42.5 Å². The van der Waals surface area contributed by atoms with Crippen LogP contribution in [-0.4, -0.2) is 35.9 Å². The van der Waals surface area contributed by atoms with Gasteiger partial charge in [-0.25, -0.2) is 0 Å². The minimum atomic E-state index is 0. The van der Waals surface area contributed by atoms with Crippen LogP contribution in [0.2, 0.25) is 5.02 Å². The molecule has 1 radical (unpaired) electrons. The van der Waals surface area contributed by atoms with Gasteiger partial charge in [0.1, 0.15) is 11.4 Å². The predicted octanol–water partition coefficient (Wildman–Crippen LogP) is 2.69. The molecule has 2 rings (SSSR count). The molecule has 0 spiro atoms. The summed E-state index contributed by atoms with van der Waals surface area (Å²) in [5.74, 6) is 0. The Bertz CT molecular complexity index is 883. The van der Waals surface area contributed by atoms with Gasteiger partial charge in [0.2, 0.25) is 0 Å². The Balaban J connectivity index is 0.00000392. The number of hydrogen-bond acceptors (Lipinski definition) is 6. The van der Waals surface area contributed by atoms with Crippen LogP contribution < -0.4 is 10.6 Å². The Labute approximate surface area is 191 Å². The number of hydrogen-bond donors (Lipinski definition) is 2. The second-order valence-corrected chi connectivity index (χ2v) is 6.29. The fraction of sp³-hybridized carbons (Fsp3) is 0.111. The second kappa shape index (κ2) is 12.4. The smallest absolute Gasteiger partial charge is 0.741 e. The molecule has 0 saturated heterocycles. The van der Waals surface area contributed by atoms with Gasteiger partial charge >= 0.3 is 17.1 Å². The van der Waals surface area contributed by atoms with E-state index < -0.39 is 0 Å². The van der Waals surface area contributed by atoms with Gasteiger partial charge in [-0.3, -0.25) is 0 Å². The van der Waals surface area contributed by atoms with Crippen LogP contribution in [0.1, 0.15) is 11.1 Å². The van der Waals surface area contributed by atoms with Gasteiger partial charge in [-0.15, -0.1) is 10.2 Å². The van der Waals surface area contributed by atoms with Crippen molar-refractivity contribution in [3.63, 3.8) is 0 Å². The summed E-state index contributed by atoms with van der Waals surface area (Å²) in [6.45, 7) is 0. The van der Waals surface area contributed by atoms with Gasteiger partial charge < -0.3 is 35.9 Å². The number of nitrogens with one attached hydrogen (secondary N) is 2. The Hall–Kier alpha value is -2.03. The van der Waals surface area contributed by atoms with Gasteiger partial charge in [0, 0.05) is 30.2 Å². The van der Waals surface area contributed by atoms with Gasteiger partial charge in [0.25, 0.3) is 0 Å². The summed E-state index contributed by atoms with van der Waals surface area (Å²) in [6, 6.07) is 16.7. The Morgan fingerprint density at radius 2 is 1.14 bits per heavy atom. The van der Waals surface area contributed by atoms with Crippen LogP contribution in [0, 0.1) is 0 Å². The van der Waals surface area contributed by atoms with Gasteiger partial charge in [0.05, 0.1) is 0 Å². The number of amidine groups is 2. The first-order valence-electron chi connectivity index (χ1n) is 7.87. The van der Waals surface area contributed by atoms with Gasteiger partial charge in [-0.1, -0.05) is 54.1 Å². The van der Waals surface area contributed by atoms with Crippen LogP contribution in [-0.2, 0) is 42.3 Å². The summed E-state index contributed by atoms with van der Waals surface area (Å²) in [6.07, 6.45) is 0. The second-order valence-electron chi connectivity index (χ2n) is 5.08. The average molecular weight is 481 g/mol. The average Bonchev–Trinajstić information content (AvgIpc) is 2.71. The fourth-order valence-corrected chi connectivity index (χ4v) is 2.19.